The summed E-state index contributed by atoms with van der Waals surface area (Å²) in [6.07, 6.45) is 2.00. The summed E-state index contributed by atoms with van der Waals surface area (Å²) < 4.78 is 10.7. The van der Waals surface area contributed by atoms with Gasteiger partial charge in [0.05, 0.1) is 26.5 Å². The average Bonchev–Trinajstić information content (AvgIpc) is 2.63. The maximum atomic E-state index is 12.4. The molecule has 0 aliphatic rings. The van der Waals surface area contributed by atoms with Crippen molar-refractivity contribution in [3.8, 4) is 11.5 Å². The molecule has 1 amide bonds. The number of hydrogen-bond donors (Lipinski definition) is 1. The zero-order valence-electron chi connectivity index (χ0n) is 16.0. The monoisotopic (exact) mass is 374 g/mol. The fraction of sp³-hybridized carbons (Fsp3) is 0.350. The van der Waals surface area contributed by atoms with Crippen molar-refractivity contribution in [2.24, 2.45) is 0 Å². The van der Waals surface area contributed by atoms with Crippen molar-refractivity contribution in [1.29, 1.82) is 0 Å². The molecule has 5 nitrogen and oxygen atoms in total. The predicted octanol–water partition coefficient (Wildman–Crippen LogP) is 3.80. The number of para-hydroxylation sites is 1. The zero-order valence-corrected chi connectivity index (χ0v) is 16.8. The van der Waals surface area contributed by atoms with Crippen LogP contribution in [0.3, 0.4) is 0 Å². The molecule has 0 aliphatic carbocycles. The van der Waals surface area contributed by atoms with Crippen molar-refractivity contribution in [1.82, 2.24) is 4.90 Å². The largest absolute Gasteiger partial charge is 0.493 e. The molecule has 6 heteroatoms. The molecule has 0 heterocycles. The first-order chi connectivity index (χ1) is 12.5. The lowest BCUT2D eigenvalue weighted by molar-refractivity contribution is -0.117. The number of nitrogens with zero attached hydrogens (tertiary/aromatic N) is 1. The van der Waals surface area contributed by atoms with Gasteiger partial charge < -0.3 is 14.8 Å². The van der Waals surface area contributed by atoms with Crippen molar-refractivity contribution in [3.05, 3.63) is 47.5 Å². The number of aryl methyl sites for hydroxylation is 1. The molecule has 0 radical (unpaired) electrons. The molecule has 0 saturated carbocycles. The molecular weight excluding hydrogens is 348 g/mol. The molecule has 0 aromatic heterocycles. The minimum absolute atomic E-state index is 0.0351. The van der Waals surface area contributed by atoms with Crippen LogP contribution in [-0.4, -0.2) is 44.9 Å². The SMILES string of the molecule is COc1cc(C)c(CN(C)CC(=O)Nc2ccccc2SC)cc1OC. The normalized spacial score (nSPS) is 10.7. The summed E-state index contributed by atoms with van der Waals surface area (Å²) >= 11 is 1.61. The number of ether oxygens (including phenoxy) is 2. The topological polar surface area (TPSA) is 50.8 Å². The Balaban J connectivity index is 2.02. The van der Waals surface area contributed by atoms with E-state index in [1.54, 1.807) is 26.0 Å². The van der Waals surface area contributed by atoms with Gasteiger partial charge in [-0.15, -0.1) is 11.8 Å². The van der Waals surface area contributed by atoms with Crippen LogP contribution >= 0.6 is 11.8 Å². The van der Waals surface area contributed by atoms with Crippen LogP contribution in [0.25, 0.3) is 0 Å². The lowest BCUT2D eigenvalue weighted by Crippen LogP contribution is -2.30. The molecule has 2 aromatic carbocycles. The minimum Gasteiger partial charge on any atom is -0.493 e. The van der Waals surface area contributed by atoms with E-state index in [0.29, 0.717) is 24.6 Å². The molecular formula is C20H26N2O3S. The molecule has 0 bridgehead atoms. The molecule has 2 rings (SSSR count). The fourth-order valence-corrected chi connectivity index (χ4v) is 3.28. The molecule has 0 saturated heterocycles. The van der Waals surface area contributed by atoms with Gasteiger partial charge in [0.25, 0.3) is 0 Å². The lowest BCUT2D eigenvalue weighted by atomic mass is 10.1. The number of anilines is 1. The van der Waals surface area contributed by atoms with Crippen LogP contribution in [0.4, 0.5) is 5.69 Å². The first-order valence-corrected chi connectivity index (χ1v) is 9.53. The number of amides is 1. The van der Waals surface area contributed by atoms with Gasteiger partial charge in [-0.3, -0.25) is 9.69 Å². The van der Waals surface area contributed by atoms with Gasteiger partial charge in [-0.05, 0) is 55.6 Å². The molecule has 1 N–H and O–H groups in total. The Kier molecular flexibility index (Phi) is 7.36. The third kappa shape index (κ3) is 5.16. The van der Waals surface area contributed by atoms with Crippen LogP contribution in [0.1, 0.15) is 11.1 Å². The van der Waals surface area contributed by atoms with Gasteiger partial charge in [-0.1, -0.05) is 12.1 Å². The highest BCUT2D eigenvalue weighted by atomic mass is 32.2. The zero-order chi connectivity index (χ0) is 19.1. The van der Waals surface area contributed by atoms with E-state index in [1.807, 2.05) is 61.5 Å². The number of benzene rings is 2. The number of nitrogens with one attached hydrogen (secondary N) is 1. The average molecular weight is 375 g/mol. The van der Waals surface area contributed by atoms with Gasteiger partial charge in [0.15, 0.2) is 11.5 Å². The first kappa shape index (κ1) is 20.1. The molecule has 140 valence electrons. The third-order valence-corrected chi connectivity index (χ3v) is 4.87. The van der Waals surface area contributed by atoms with Gasteiger partial charge in [0.2, 0.25) is 5.91 Å². The minimum atomic E-state index is -0.0351. The van der Waals surface area contributed by atoms with E-state index >= 15 is 0 Å². The van der Waals surface area contributed by atoms with Crippen LogP contribution in [0.2, 0.25) is 0 Å². The Hall–Kier alpha value is -2.18. The van der Waals surface area contributed by atoms with Crippen LogP contribution in [0.5, 0.6) is 11.5 Å². The Morgan fingerprint density at radius 1 is 1.15 bits per heavy atom. The van der Waals surface area contributed by atoms with Gasteiger partial charge >= 0.3 is 0 Å². The smallest absolute Gasteiger partial charge is 0.238 e. The second-order valence-corrected chi connectivity index (χ2v) is 6.90. The van der Waals surface area contributed by atoms with E-state index in [9.17, 15) is 4.79 Å². The quantitative estimate of drug-likeness (QED) is 0.712. The van der Waals surface area contributed by atoms with Crippen molar-refractivity contribution in [3.63, 3.8) is 0 Å². The summed E-state index contributed by atoms with van der Waals surface area (Å²) in [6, 6.07) is 11.7. The standard InChI is InChI=1S/C20H26N2O3S/c1-14-10-17(24-3)18(25-4)11-15(14)12-22(2)13-20(23)21-16-8-6-7-9-19(16)26-5/h6-11H,12-13H2,1-5H3,(H,21,23). The fourth-order valence-electron chi connectivity index (χ4n) is 2.72. The van der Waals surface area contributed by atoms with Crippen LogP contribution in [0.15, 0.2) is 41.3 Å². The van der Waals surface area contributed by atoms with Crippen LogP contribution in [-0.2, 0) is 11.3 Å². The maximum absolute atomic E-state index is 12.4. The highest BCUT2D eigenvalue weighted by molar-refractivity contribution is 7.98. The van der Waals surface area contributed by atoms with Crippen molar-refractivity contribution in [2.75, 3.05) is 39.4 Å². The molecule has 0 unspecified atom stereocenters. The highest BCUT2D eigenvalue weighted by Gasteiger charge is 2.13. The van der Waals surface area contributed by atoms with Gasteiger partial charge in [0, 0.05) is 11.4 Å². The molecule has 2 aromatic rings. The summed E-state index contributed by atoms with van der Waals surface area (Å²) in [5.74, 6) is 1.37. The first-order valence-electron chi connectivity index (χ1n) is 8.31. The second kappa shape index (κ2) is 9.50. The molecule has 0 aliphatic heterocycles. The summed E-state index contributed by atoms with van der Waals surface area (Å²) in [4.78, 5) is 15.4. The number of methoxy groups -OCH3 is 2. The van der Waals surface area contributed by atoms with Crippen molar-refractivity contribution < 1.29 is 14.3 Å². The summed E-state index contributed by atoms with van der Waals surface area (Å²) in [7, 11) is 5.17. The Morgan fingerprint density at radius 2 is 1.81 bits per heavy atom. The van der Waals surface area contributed by atoms with Gasteiger partial charge in [-0.2, -0.15) is 0 Å². The number of carbonyl (C=O) groups excluding carboxylic acids is 1. The van der Waals surface area contributed by atoms with E-state index in [4.69, 9.17) is 9.47 Å². The number of rotatable bonds is 8. The molecule has 0 atom stereocenters. The summed E-state index contributed by atoms with van der Waals surface area (Å²) in [5, 5.41) is 2.99. The Bertz CT molecular complexity index is 765. The van der Waals surface area contributed by atoms with E-state index in [-0.39, 0.29) is 5.91 Å². The number of carbonyl (C=O) groups is 1. The van der Waals surface area contributed by atoms with Crippen LogP contribution < -0.4 is 14.8 Å². The predicted molar refractivity (Wildman–Crippen MR) is 107 cm³/mol. The number of hydrogen-bond acceptors (Lipinski definition) is 5. The summed E-state index contributed by atoms with van der Waals surface area (Å²) in [6.45, 7) is 2.97. The maximum Gasteiger partial charge on any atom is 0.238 e. The molecule has 26 heavy (non-hydrogen) atoms. The van der Waals surface area contributed by atoms with E-state index in [1.165, 1.54) is 0 Å². The summed E-state index contributed by atoms with van der Waals surface area (Å²) in [5.41, 5.74) is 3.05. The number of likely N-dealkylation sites (N-methyl/N-ethyl adjacent to an activating group) is 1. The lowest BCUT2D eigenvalue weighted by Gasteiger charge is -2.19. The molecule has 0 fully saturated rings. The molecule has 0 spiro atoms. The third-order valence-electron chi connectivity index (χ3n) is 4.08. The van der Waals surface area contributed by atoms with Gasteiger partial charge in [0.1, 0.15) is 0 Å². The van der Waals surface area contributed by atoms with Crippen LogP contribution in [0, 0.1) is 6.92 Å². The van der Waals surface area contributed by atoms with Crippen molar-refractivity contribution >= 4 is 23.4 Å². The number of thioether (sulfide) groups is 1. The van der Waals surface area contributed by atoms with E-state index in [2.05, 4.69) is 5.32 Å². The van der Waals surface area contributed by atoms with E-state index < -0.39 is 0 Å². The second-order valence-electron chi connectivity index (χ2n) is 6.05. The van der Waals surface area contributed by atoms with Crippen molar-refractivity contribution in [2.45, 2.75) is 18.4 Å². The Labute approximate surface area is 159 Å². The highest BCUT2D eigenvalue weighted by Crippen LogP contribution is 2.30. The Morgan fingerprint density at radius 3 is 2.46 bits per heavy atom. The van der Waals surface area contributed by atoms with E-state index in [0.717, 1.165) is 21.7 Å². The van der Waals surface area contributed by atoms with Gasteiger partial charge in [-0.25, -0.2) is 0 Å².